The standard InChI is InChI=1S/C13H14ClFN4O3/c1-6-17-12(14)11-13(18-6)19(5-16-11)10-3-8(21-7(2)20)9(4-15)22-10/h5,8-10H,3-4H2,1-2H3/t8-,9+,10+/m0/s1. The summed E-state index contributed by atoms with van der Waals surface area (Å²) in [5.74, 6) is 0.0280. The Kier molecular flexibility index (Phi) is 3.96. The summed E-state index contributed by atoms with van der Waals surface area (Å²) in [6, 6.07) is 0. The summed E-state index contributed by atoms with van der Waals surface area (Å²) in [6.45, 7) is 2.26. The fourth-order valence-electron chi connectivity index (χ4n) is 2.54. The van der Waals surface area contributed by atoms with Gasteiger partial charge in [-0.15, -0.1) is 0 Å². The Balaban J connectivity index is 1.93. The SMILES string of the molecule is CC(=O)O[C@H]1C[C@H](n2cnc3c(Cl)nc(C)nc32)O[C@@H]1CF. The van der Waals surface area contributed by atoms with E-state index >= 15 is 0 Å². The number of rotatable bonds is 3. The van der Waals surface area contributed by atoms with Crippen LogP contribution in [0.5, 0.6) is 0 Å². The summed E-state index contributed by atoms with van der Waals surface area (Å²) in [5.41, 5.74) is 0.951. The molecule has 7 nitrogen and oxygen atoms in total. The molecule has 3 rings (SSSR count). The monoisotopic (exact) mass is 328 g/mol. The number of esters is 1. The molecule has 0 bridgehead atoms. The van der Waals surface area contributed by atoms with E-state index in [1.807, 2.05) is 0 Å². The lowest BCUT2D eigenvalue weighted by Gasteiger charge is -2.14. The van der Waals surface area contributed by atoms with E-state index in [2.05, 4.69) is 15.0 Å². The van der Waals surface area contributed by atoms with E-state index in [9.17, 15) is 9.18 Å². The van der Waals surface area contributed by atoms with Gasteiger partial charge in [0.05, 0.1) is 6.33 Å². The second-order valence-corrected chi connectivity index (χ2v) is 5.41. The number of aromatic nitrogens is 4. The number of halogens is 2. The smallest absolute Gasteiger partial charge is 0.302 e. The first-order valence-corrected chi connectivity index (χ1v) is 7.12. The Morgan fingerprint density at radius 2 is 2.36 bits per heavy atom. The maximum atomic E-state index is 13.1. The number of aryl methyl sites for hydroxylation is 1. The number of fused-ring (bicyclic) bond motifs is 1. The predicted molar refractivity (Wildman–Crippen MR) is 75.1 cm³/mol. The molecule has 22 heavy (non-hydrogen) atoms. The third kappa shape index (κ3) is 2.64. The van der Waals surface area contributed by atoms with Gasteiger partial charge in [0.15, 0.2) is 10.8 Å². The Labute approximate surface area is 130 Å². The molecule has 1 saturated heterocycles. The van der Waals surface area contributed by atoms with Crippen molar-refractivity contribution in [2.75, 3.05) is 6.67 Å². The van der Waals surface area contributed by atoms with Crippen LogP contribution in [0.25, 0.3) is 11.2 Å². The number of nitrogens with zero attached hydrogens (tertiary/aromatic N) is 4. The molecule has 1 aliphatic rings. The molecule has 0 spiro atoms. The molecule has 0 N–H and O–H groups in total. The quantitative estimate of drug-likeness (QED) is 0.633. The van der Waals surface area contributed by atoms with Crippen LogP contribution in [0.15, 0.2) is 6.33 Å². The Bertz CT molecular complexity index is 723. The highest BCUT2D eigenvalue weighted by Crippen LogP contribution is 2.33. The van der Waals surface area contributed by atoms with Crippen LogP contribution in [-0.4, -0.2) is 44.4 Å². The number of hydrogen-bond acceptors (Lipinski definition) is 6. The van der Waals surface area contributed by atoms with E-state index in [-0.39, 0.29) is 5.15 Å². The van der Waals surface area contributed by atoms with Crippen LogP contribution in [-0.2, 0) is 14.3 Å². The average molecular weight is 329 g/mol. The summed E-state index contributed by atoms with van der Waals surface area (Å²) in [7, 11) is 0. The minimum absolute atomic E-state index is 0.248. The molecule has 9 heteroatoms. The van der Waals surface area contributed by atoms with Gasteiger partial charge in [-0.2, -0.15) is 0 Å². The minimum Gasteiger partial charge on any atom is -0.460 e. The van der Waals surface area contributed by atoms with E-state index < -0.39 is 31.1 Å². The lowest BCUT2D eigenvalue weighted by atomic mass is 10.2. The molecule has 1 aliphatic heterocycles. The van der Waals surface area contributed by atoms with E-state index in [0.717, 1.165) is 0 Å². The van der Waals surface area contributed by atoms with Gasteiger partial charge in [-0.1, -0.05) is 11.6 Å². The van der Waals surface area contributed by atoms with Gasteiger partial charge < -0.3 is 9.47 Å². The van der Waals surface area contributed by atoms with Gasteiger partial charge in [-0.05, 0) is 6.92 Å². The van der Waals surface area contributed by atoms with Crippen LogP contribution in [0.1, 0.15) is 25.4 Å². The molecule has 0 aliphatic carbocycles. The summed E-state index contributed by atoms with van der Waals surface area (Å²) in [6.07, 6.45) is -0.130. The predicted octanol–water partition coefficient (Wildman–Crippen LogP) is 1.98. The summed E-state index contributed by atoms with van der Waals surface area (Å²) < 4.78 is 25.5. The highest BCUT2D eigenvalue weighted by Gasteiger charge is 2.39. The second-order valence-electron chi connectivity index (χ2n) is 5.05. The van der Waals surface area contributed by atoms with Crippen molar-refractivity contribution in [3.8, 4) is 0 Å². The highest BCUT2D eigenvalue weighted by molar-refractivity contribution is 6.33. The fourth-order valence-corrected chi connectivity index (χ4v) is 2.80. The number of hydrogen-bond donors (Lipinski definition) is 0. The number of carbonyl (C=O) groups is 1. The normalized spacial score (nSPS) is 24.8. The van der Waals surface area contributed by atoms with Gasteiger partial charge in [0.1, 0.15) is 36.5 Å². The van der Waals surface area contributed by atoms with E-state index in [0.29, 0.717) is 23.4 Å². The largest absolute Gasteiger partial charge is 0.460 e. The van der Waals surface area contributed by atoms with E-state index in [1.165, 1.54) is 13.3 Å². The van der Waals surface area contributed by atoms with Crippen LogP contribution in [0.4, 0.5) is 4.39 Å². The van der Waals surface area contributed by atoms with Crippen molar-refractivity contribution >= 4 is 28.7 Å². The maximum absolute atomic E-state index is 13.1. The molecule has 2 aromatic rings. The number of imidazole rings is 1. The van der Waals surface area contributed by atoms with Gasteiger partial charge in [0.25, 0.3) is 0 Å². The highest BCUT2D eigenvalue weighted by atomic mass is 35.5. The molecule has 0 aromatic carbocycles. The fraction of sp³-hybridized carbons (Fsp3) is 0.538. The molecular weight excluding hydrogens is 315 g/mol. The van der Waals surface area contributed by atoms with Gasteiger partial charge in [-0.25, -0.2) is 19.3 Å². The maximum Gasteiger partial charge on any atom is 0.302 e. The number of carbonyl (C=O) groups excluding carboxylic acids is 1. The van der Waals surface area contributed by atoms with Crippen LogP contribution in [0.2, 0.25) is 5.15 Å². The van der Waals surface area contributed by atoms with Crippen LogP contribution in [0, 0.1) is 6.92 Å². The molecule has 0 amide bonds. The van der Waals surface area contributed by atoms with Crippen molar-refractivity contribution in [2.24, 2.45) is 0 Å². The van der Waals surface area contributed by atoms with Crippen molar-refractivity contribution in [1.82, 2.24) is 19.5 Å². The third-order valence-corrected chi connectivity index (χ3v) is 3.71. The van der Waals surface area contributed by atoms with Gasteiger partial charge in [0, 0.05) is 13.3 Å². The lowest BCUT2D eigenvalue weighted by Crippen LogP contribution is -2.27. The summed E-state index contributed by atoms with van der Waals surface area (Å²) >= 11 is 6.04. The third-order valence-electron chi connectivity index (χ3n) is 3.45. The van der Waals surface area contributed by atoms with E-state index in [1.54, 1.807) is 11.5 Å². The molecule has 0 radical (unpaired) electrons. The Morgan fingerprint density at radius 1 is 1.59 bits per heavy atom. The van der Waals surface area contributed by atoms with Crippen LogP contribution in [0.3, 0.4) is 0 Å². The molecule has 3 atom stereocenters. The van der Waals surface area contributed by atoms with Crippen LogP contribution < -0.4 is 0 Å². The van der Waals surface area contributed by atoms with Gasteiger partial charge in [0.2, 0.25) is 0 Å². The molecule has 118 valence electrons. The molecule has 0 unspecified atom stereocenters. The second kappa shape index (κ2) is 5.77. The average Bonchev–Trinajstić information content (AvgIpc) is 3.01. The first-order chi connectivity index (χ1) is 10.5. The molecular formula is C13H14ClFN4O3. The van der Waals surface area contributed by atoms with Crippen molar-refractivity contribution < 1.29 is 18.7 Å². The first kappa shape index (κ1) is 15.1. The molecule has 0 saturated carbocycles. The first-order valence-electron chi connectivity index (χ1n) is 6.75. The summed E-state index contributed by atoms with van der Waals surface area (Å²) in [4.78, 5) is 23.6. The molecule has 3 heterocycles. The van der Waals surface area contributed by atoms with Gasteiger partial charge >= 0.3 is 5.97 Å². The van der Waals surface area contributed by atoms with E-state index in [4.69, 9.17) is 21.1 Å². The van der Waals surface area contributed by atoms with Crippen molar-refractivity contribution in [2.45, 2.75) is 38.7 Å². The summed E-state index contributed by atoms with van der Waals surface area (Å²) in [5, 5.41) is 0.248. The van der Waals surface area contributed by atoms with Crippen LogP contribution >= 0.6 is 11.6 Å². The Morgan fingerprint density at radius 3 is 3.05 bits per heavy atom. The van der Waals surface area contributed by atoms with Crippen molar-refractivity contribution in [1.29, 1.82) is 0 Å². The lowest BCUT2D eigenvalue weighted by molar-refractivity contribution is -0.149. The Hall–Kier alpha value is -1.80. The number of ether oxygens (including phenoxy) is 2. The zero-order chi connectivity index (χ0) is 15.9. The minimum atomic E-state index is -0.801. The van der Waals surface area contributed by atoms with Crippen molar-refractivity contribution in [3.63, 3.8) is 0 Å². The van der Waals surface area contributed by atoms with Crippen molar-refractivity contribution in [3.05, 3.63) is 17.3 Å². The zero-order valence-electron chi connectivity index (χ0n) is 12.0. The van der Waals surface area contributed by atoms with Gasteiger partial charge in [-0.3, -0.25) is 9.36 Å². The topological polar surface area (TPSA) is 79.1 Å². The molecule has 2 aromatic heterocycles. The zero-order valence-corrected chi connectivity index (χ0v) is 12.7. The number of alkyl halides is 1. The molecule has 1 fully saturated rings.